The van der Waals surface area contributed by atoms with Gasteiger partial charge in [-0.1, -0.05) is 18.2 Å². The number of hydrogen-bond acceptors (Lipinski definition) is 3. The standard InChI is InChI=1S/C27H26FN3O2/c1-5-30(26(32)20-11-13-21(28)14-12-20)19(4)25-29-24-9-7-6-8-23(24)27(33)31(25)22-15-10-17(2)18(3)16-22/h6-16,19H,5H2,1-4H3. The molecule has 0 N–H and O–H groups in total. The Kier molecular flexibility index (Phi) is 6.09. The van der Waals surface area contributed by atoms with Gasteiger partial charge in [-0.2, -0.15) is 0 Å². The number of carbonyl (C=O) groups excluding carboxylic acids is 1. The van der Waals surface area contributed by atoms with Crippen LogP contribution in [0, 0.1) is 19.7 Å². The number of fused-ring (bicyclic) bond motifs is 1. The molecule has 0 radical (unpaired) electrons. The average Bonchev–Trinajstić information content (AvgIpc) is 2.81. The van der Waals surface area contributed by atoms with E-state index in [9.17, 15) is 14.0 Å². The fourth-order valence-electron chi connectivity index (χ4n) is 4.04. The second-order valence-electron chi connectivity index (χ2n) is 8.17. The largest absolute Gasteiger partial charge is 0.329 e. The number of amides is 1. The van der Waals surface area contributed by atoms with Gasteiger partial charge in [0.25, 0.3) is 11.5 Å². The maximum absolute atomic E-state index is 13.6. The Bertz CT molecular complexity index is 1390. The summed E-state index contributed by atoms with van der Waals surface area (Å²) in [6.07, 6.45) is 0. The van der Waals surface area contributed by atoms with E-state index in [2.05, 4.69) is 0 Å². The molecule has 5 nitrogen and oxygen atoms in total. The lowest BCUT2D eigenvalue weighted by Crippen LogP contribution is -2.37. The number of rotatable bonds is 5. The van der Waals surface area contributed by atoms with E-state index in [0.717, 1.165) is 11.1 Å². The zero-order valence-corrected chi connectivity index (χ0v) is 19.2. The number of halogens is 1. The molecule has 0 fully saturated rings. The molecule has 0 aliphatic heterocycles. The molecule has 0 spiro atoms. The molecular formula is C27H26FN3O2. The van der Waals surface area contributed by atoms with Crippen LogP contribution < -0.4 is 5.56 Å². The SMILES string of the molecule is CCN(C(=O)c1ccc(F)cc1)C(C)c1nc2ccccc2c(=O)n1-c1ccc(C)c(C)c1. The lowest BCUT2D eigenvalue weighted by atomic mass is 10.1. The van der Waals surface area contributed by atoms with Crippen molar-refractivity contribution in [2.45, 2.75) is 33.7 Å². The molecule has 1 heterocycles. The second kappa shape index (κ2) is 8.98. The van der Waals surface area contributed by atoms with Gasteiger partial charge in [0.15, 0.2) is 0 Å². The van der Waals surface area contributed by atoms with Gasteiger partial charge < -0.3 is 4.90 Å². The lowest BCUT2D eigenvalue weighted by molar-refractivity contribution is 0.0693. The van der Waals surface area contributed by atoms with Crippen LogP contribution >= 0.6 is 0 Å². The first kappa shape index (κ1) is 22.4. The van der Waals surface area contributed by atoms with E-state index in [4.69, 9.17) is 4.98 Å². The predicted octanol–water partition coefficient (Wildman–Crippen LogP) is 5.36. The van der Waals surface area contributed by atoms with E-state index < -0.39 is 11.9 Å². The van der Waals surface area contributed by atoms with E-state index in [0.29, 0.717) is 34.5 Å². The molecule has 1 atom stereocenters. The number of para-hydroxylation sites is 1. The van der Waals surface area contributed by atoms with Crippen LogP contribution in [0.2, 0.25) is 0 Å². The number of nitrogens with zero attached hydrogens (tertiary/aromatic N) is 3. The third-order valence-corrected chi connectivity index (χ3v) is 6.08. The molecule has 33 heavy (non-hydrogen) atoms. The van der Waals surface area contributed by atoms with E-state index >= 15 is 0 Å². The third-order valence-electron chi connectivity index (χ3n) is 6.08. The number of aryl methyl sites for hydroxylation is 2. The minimum Gasteiger partial charge on any atom is -0.329 e. The first-order valence-electron chi connectivity index (χ1n) is 11.0. The topological polar surface area (TPSA) is 55.2 Å². The van der Waals surface area contributed by atoms with Gasteiger partial charge in [-0.3, -0.25) is 14.2 Å². The molecule has 0 bridgehead atoms. The van der Waals surface area contributed by atoms with Gasteiger partial charge in [0, 0.05) is 12.1 Å². The van der Waals surface area contributed by atoms with Crippen LogP contribution in [0.15, 0.2) is 71.5 Å². The molecule has 1 unspecified atom stereocenters. The lowest BCUT2D eigenvalue weighted by Gasteiger charge is -2.29. The summed E-state index contributed by atoms with van der Waals surface area (Å²) in [5.41, 5.74) is 3.66. The molecule has 168 valence electrons. The first-order chi connectivity index (χ1) is 15.8. The quantitative estimate of drug-likeness (QED) is 0.417. The van der Waals surface area contributed by atoms with Crippen molar-refractivity contribution < 1.29 is 9.18 Å². The van der Waals surface area contributed by atoms with Crippen molar-refractivity contribution in [1.82, 2.24) is 14.5 Å². The summed E-state index contributed by atoms with van der Waals surface area (Å²) in [7, 11) is 0. The predicted molar refractivity (Wildman–Crippen MR) is 128 cm³/mol. The van der Waals surface area contributed by atoms with E-state index in [1.807, 2.05) is 58.0 Å². The summed E-state index contributed by atoms with van der Waals surface area (Å²) in [5.74, 6) is -0.180. The summed E-state index contributed by atoms with van der Waals surface area (Å²) >= 11 is 0. The van der Waals surface area contributed by atoms with Gasteiger partial charge in [-0.25, -0.2) is 9.37 Å². The van der Waals surface area contributed by atoms with Crippen LogP contribution in [-0.4, -0.2) is 26.9 Å². The van der Waals surface area contributed by atoms with Crippen LogP contribution in [0.25, 0.3) is 16.6 Å². The van der Waals surface area contributed by atoms with Crippen molar-refractivity contribution in [2.75, 3.05) is 6.54 Å². The van der Waals surface area contributed by atoms with Gasteiger partial charge in [0.05, 0.1) is 22.6 Å². The number of carbonyl (C=O) groups is 1. The fraction of sp³-hybridized carbons (Fsp3) is 0.222. The molecule has 4 rings (SSSR count). The zero-order valence-electron chi connectivity index (χ0n) is 19.2. The Labute approximate surface area is 192 Å². The Morgan fingerprint density at radius 3 is 2.39 bits per heavy atom. The molecular weight excluding hydrogens is 417 g/mol. The number of hydrogen-bond donors (Lipinski definition) is 0. The van der Waals surface area contributed by atoms with Crippen LogP contribution in [-0.2, 0) is 0 Å². The summed E-state index contributed by atoms with van der Waals surface area (Å²) < 4.78 is 15.0. The van der Waals surface area contributed by atoms with E-state index in [1.54, 1.807) is 21.6 Å². The zero-order chi connectivity index (χ0) is 23.7. The summed E-state index contributed by atoms with van der Waals surface area (Å²) in [6, 6.07) is 18.0. The Morgan fingerprint density at radius 1 is 1.03 bits per heavy atom. The van der Waals surface area contributed by atoms with Crippen molar-refractivity contribution in [3.8, 4) is 5.69 Å². The highest BCUT2D eigenvalue weighted by atomic mass is 19.1. The van der Waals surface area contributed by atoms with Gasteiger partial charge in [-0.05, 0) is 87.4 Å². The maximum Gasteiger partial charge on any atom is 0.266 e. The van der Waals surface area contributed by atoms with Crippen LogP contribution in [0.3, 0.4) is 0 Å². The number of benzene rings is 3. The Morgan fingerprint density at radius 2 is 1.73 bits per heavy atom. The molecule has 1 aromatic heterocycles. The highest BCUT2D eigenvalue weighted by Gasteiger charge is 2.26. The minimum atomic E-state index is -0.508. The van der Waals surface area contributed by atoms with E-state index in [1.165, 1.54) is 24.3 Å². The highest BCUT2D eigenvalue weighted by molar-refractivity contribution is 5.94. The van der Waals surface area contributed by atoms with E-state index in [-0.39, 0.29) is 11.5 Å². The first-order valence-corrected chi connectivity index (χ1v) is 11.0. The fourth-order valence-corrected chi connectivity index (χ4v) is 4.04. The normalized spacial score (nSPS) is 12.0. The van der Waals surface area contributed by atoms with Crippen LogP contribution in [0.1, 0.15) is 47.2 Å². The van der Waals surface area contributed by atoms with Crippen molar-refractivity contribution in [3.63, 3.8) is 0 Å². The summed E-state index contributed by atoms with van der Waals surface area (Å²) in [6.45, 7) is 8.14. The summed E-state index contributed by atoms with van der Waals surface area (Å²) in [4.78, 5) is 33.4. The Balaban J connectivity index is 1.91. The van der Waals surface area contributed by atoms with Gasteiger partial charge in [-0.15, -0.1) is 0 Å². The molecule has 4 aromatic rings. The monoisotopic (exact) mass is 443 g/mol. The molecule has 0 saturated carbocycles. The van der Waals surface area contributed by atoms with Gasteiger partial charge >= 0.3 is 0 Å². The molecule has 1 amide bonds. The molecule has 3 aromatic carbocycles. The molecule has 0 saturated heterocycles. The minimum absolute atomic E-state index is 0.184. The van der Waals surface area contributed by atoms with Crippen molar-refractivity contribution in [3.05, 3.63) is 105 Å². The van der Waals surface area contributed by atoms with Crippen molar-refractivity contribution >= 4 is 16.8 Å². The van der Waals surface area contributed by atoms with Crippen LogP contribution in [0.5, 0.6) is 0 Å². The van der Waals surface area contributed by atoms with Crippen LogP contribution in [0.4, 0.5) is 4.39 Å². The van der Waals surface area contributed by atoms with Gasteiger partial charge in [0.2, 0.25) is 0 Å². The smallest absolute Gasteiger partial charge is 0.266 e. The second-order valence-corrected chi connectivity index (χ2v) is 8.17. The molecule has 0 aliphatic carbocycles. The third kappa shape index (κ3) is 4.16. The van der Waals surface area contributed by atoms with Crippen molar-refractivity contribution in [1.29, 1.82) is 0 Å². The highest BCUT2D eigenvalue weighted by Crippen LogP contribution is 2.25. The van der Waals surface area contributed by atoms with Crippen molar-refractivity contribution in [2.24, 2.45) is 0 Å². The molecule has 0 aliphatic rings. The Hall–Kier alpha value is -3.80. The van der Waals surface area contributed by atoms with Gasteiger partial charge in [0.1, 0.15) is 11.6 Å². The maximum atomic E-state index is 13.6. The summed E-state index contributed by atoms with van der Waals surface area (Å²) in [5, 5.41) is 0.514. The average molecular weight is 444 g/mol. The molecule has 6 heteroatoms. The number of aromatic nitrogens is 2.